The summed E-state index contributed by atoms with van der Waals surface area (Å²) in [4.78, 5) is 14.8. The van der Waals surface area contributed by atoms with Crippen molar-refractivity contribution in [3.63, 3.8) is 0 Å². The minimum absolute atomic E-state index is 0.106. The Bertz CT molecular complexity index is 965. The fourth-order valence-corrected chi connectivity index (χ4v) is 2.86. The van der Waals surface area contributed by atoms with Crippen LogP contribution in [0.1, 0.15) is 16.7 Å². The van der Waals surface area contributed by atoms with Crippen LogP contribution >= 0.6 is 0 Å². The first kappa shape index (κ1) is 18.0. The van der Waals surface area contributed by atoms with Crippen molar-refractivity contribution in [3.8, 4) is 11.3 Å². The van der Waals surface area contributed by atoms with Crippen LogP contribution in [0.25, 0.3) is 11.3 Å². The van der Waals surface area contributed by atoms with E-state index >= 15 is 0 Å². The van der Waals surface area contributed by atoms with Gasteiger partial charge in [0.05, 0.1) is 12.2 Å². The second-order valence-electron chi connectivity index (χ2n) is 6.70. The highest BCUT2D eigenvalue weighted by atomic mass is 19.1. The van der Waals surface area contributed by atoms with Crippen LogP contribution in [0.2, 0.25) is 0 Å². The number of aromatic nitrogens is 2. The maximum absolute atomic E-state index is 13.6. The third-order valence-corrected chi connectivity index (χ3v) is 4.16. The summed E-state index contributed by atoms with van der Waals surface area (Å²) in [6, 6.07) is 16.4. The Morgan fingerprint density at radius 3 is 2.46 bits per heavy atom. The van der Waals surface area contributed by atoms with E-state index in [1.165, 1.54) is 10.7 Å². The van der Waals surface area contributed by atoms with Gasteiger partial charge in [0, 0.05) is 17.7 Å². The summed E-state index contributed by atoms with van der Waals surface area (Å²) in [6.07, 6.45) is 0. The summed E-state index contributed by atoms with van der Waals surface area (Å²) in [6.45, 7) is 2.64. The lowest BCUT2D eigenvalue weighted by Gasteiger charge is -2.14. The van der Waals surface area contributed by atoms with Gasteiger partial charge in [-0.25, -0.2) is 9.07 Å². The van der Waals surface area contributed by atoms with Crippen LogP contribution in [0.5, 0.6) is 0 Å². The third-order valence-electron chi connectivity index (χ3n) is 4.16. The van der Waals surface area contributed by atoms with Crippen molar-refractivity contribution >= 4 is 0 Å². The lowest BCUT2D eigenvalue weighted by Crippen LogP contribution is -2.29. The van der Waals surface area contributed by atoms with E-state index in [1.54, 1.807) is 25.1 Å². The molecule has 134 valence electrons. The Labute approximate surface area is 152 Å². The first-order valence-corrected chi connectivity index (χ1v) is 8.50. The fourth-order valence-electron chi connectivity index (χ4n) is 2.86. The predicted octanol–water partition coefficient (Wildman–Crippen LogP) is 3.47. The van der Waals surface area contributed by atoms with Gasteiger partial charge in [0.1, 0.15) is 5.82 Å². The van der Waals surface area contributed by atoms with E-state index in [0.29, 0.717) is 29.9 Å². The molecular formula is C21H22FN3O. The number of hydrogen-bond acceptors (Lipinski definition) is 3. The topological polar surface area (TPSA) is 38.1 Å². The SMILES string of the molecule is Cc1cc(-c2cc(CN(C)C)c(=O)n(Cc3ccccc3)n2)ccc1F. The molecule has 3 rings (SSSR count). The Morgan fingerprint density at radius 1 is 1.08 bits per heavy atom. The van der Waals surface area contributed by atoms with Crippen LogP contribution in [0.3, 0.4) is 0 Å². The van der Waals surface area contributed by atoms with Crippen LogP contribution in [0, 0.1) is 12.7 Å². The lowest BCUT2D eigenvalue weighted by molar-refractivity contribution is 0.397. The Balaban J connectivity index is 2.10. The van der Waals surface area contributed by atoms with E-state index in [2.05, 4.69) is 5.10 Å². The fraction of sp³-hybridized carbons (Fsp3) is 0.238. The van der Waals surface area contributed by atoms with Gasteiger partial charge in [0.25, 0.3) is 5.56 Å². The van der Waals surface area contributed by atoms with Crippen LogP contribution in [0.15, 0.2) is 59.4 Å². The molecule has 0 aliphatic carbocycles. The second kappa shape index (κ2) is 7.62. The average molecular weight is 351 g/mol. The summed E-state index contributed by atoms with van der Waals surface area (Å²) in [5.74, 6) is -0.250. The molecule has 1 heterocycles. The molecule has 0 atom stereocenters. The zero-order valence-corrected chi connectivity index (χ0v) is 15.2. The van der Waals surface area contributed by atoms with E-state index in [9.17, 15) is 9.18 Å². The smallest absolute Gasteiger partial charge is 0.271 e. The predicted molar refractivity (Wildman–Crippen MR) is 102 cm³/mol. The van der Waals surface area contributed by atoms with Gasteiger partial charge in [0.2, 0.25) is 0 Å². The normalized spacial score (nSPS) is 11.1. The molecule has 0 bridgehead atoms. The molecule has 26 heavy (non-hydrogen) atoms. The molecule has 0 aliphatic heterocycles. The summed E-state index contributed by atoms with van der Waals surface area (Å²) >= 11 is 0. The second-order valence-corrected chi connectivity index (χ2v) is 6.70. The van der Waals surface area contributed by atoms with Crippen molar-refractivity contribution in [2.24, 2.45) is 0 Å². The van der Waals surface area contributed by atoms with Gasteiger partial charge in [-0.2, -0.15) is 5.10 Å². The molecule has 0 N–H and O–H groups in total. The van der Waals surface area contributed by atoms with E-state index in [4.69, 9.17) is 0 Å². The van der Waals surface area contributed by atoms with Crippen molar-refractivity contribution in [2.45, 2.75) is 20.0 Å². The molecule has 1 aromatic heterocycles. The zero-order valence-electron chi connectivity index (χ0n) is 15.2. The van der Waals surface area contributed by atoms with Gasteiger partial charge in [0.15, 0.2) is 0 Å². The molecule has 0 aliphatic rings. The van der Waals surface area contributed by atoms with Gasteiger partial charge in [-0.3, -0.25) is 4.79 Å². The molecule has 4 nitrogen and oxygen atoms in total. The van der Waals surface area contributed by atoms with Gasteiger partial charge in [-0.05, 0) is 56.4 Å². The van der Waals surface area contributed by atoms with Gasteiger partial charge in [-0.1, -0.05) is 30.3 Å². The Kier molecular flexibility index (Phi) is 5.28. The van der Waals surface area contributed by atoms with Crippen molar-refractivity contribution in [1.82, 2.24) is 14.7 Å². The third kappa shape index (κ3) is 4.06. The maximum Gasteiger partial charge on any atom is 0.271 e. The first-order valence-electron chi connectivity index (χ1n) is 8.50. The summed E-state index contributed by atoms with van der Waals surface area (Å²) in [5, 5.41) is 4.54. The van der Waals surface area contributed by atoms with Crippen molar-refractivity contribution in [3.05, 3.63) is 87.5 Å². The van der Waals surface area contributed by atoms with Crippen LogP contribution in [-0.4, -0.2) is 28.8 Å². The first-order chi connectivity index (χ1) is 12.4. The molecule has 0 saturated heterocycles. The highest BCUT2D eigenvalue weighted by Crippen LogP contribution is 2.20. The van der Waals surface area contributed by atoms with Gasteiger partial charge < -0.3 is 4.90 Å². The molecular weight excluding hydrogens is 329 g/mol. The number of halogens is 1. The molecule has 3 aromatic rings. The van der Waals surface area contributed by atoms with Crippen LogP contribution in [-0.2, 0) is 13.1 Å². The van der Waals surface area contributed by atoms with Crippen LogP contribution < -0.4 is 5.56 Å². The van der Waals surface area contributed by atoms with Gasteiger partial charge in [-0.15, -0.1) is 0 Å². The molecule has 0 fully saturated rings. The number of nitrogens with zero attached hydrogens (tertiary/aromatic N) is 3. The molecule has 0 saturated carbocycles. The monoisotopic (exact) mass is 351 g/mol. The number of benzene rings is 2. The molecule has 2 aromatic carbocycles. The Morgan fingerprint density at radius 2 is 1.81 bits per heavy atom. The van der Waals surface area contributed by atoms with E-state index in [1.807, 2.05) is 49.3 Å². The zero-order chi connectivity index (χ0) is 18.7. The van der Waals surface area contributed by atoms with Gasteiger partial charge >= 0.3 is 0 Å². The highest BCUT2D eigenvalue weighted by molar-refractivity contribution is 5.60. The highest BCUT2D eigenvalue weighted by Gasteiger charge is 2.12. The minimum atomic E-state index is -0.250. The standard InChI is InChI=1S/C21H22FN3O/c1-15-11-17(9-10-19(15)22)20-12-18(14-24(2)3)21(26)25(23-20)13-16-7-5-4-6-8-16/h4-12H,13-14H2,1-3H3. The quantitative estimate of drug-likeness (QED) is 0.706. The Hall–Kier alpha value is -2.79. The van der Waals surface area contributed by atoms with Crippen molar-refractivity contribution in [2.75, 3.05) is 14.1 Å². The van der Waals surface area contributed by atoms with E-state index < -0.39 is 0 Å². The van der Waals surface area contributed by atoms with E-state index in [0.717, 1.165) is 11.1 Å². The average Bonchev–Trinajstić information content (AvgIpc) is 2.61. The number of rotatable bonds is 5. The summed E-state index contributed by atoms with van der Waals surface area (Å²) < 4.78 is 15.1. The summed E-state index contributed by atoms with van der Waals surface area (Å²) in [5.41, 5.74) is 3.58. The molecule has 0 amide bonds. The van der Waals surface area contributed by atoms with Crippen molar-refractivity contribution in [1.29, 1.82) is 0 Å². The lowest BCUT2D eigenvalue weighted by atomic mass is 10.1. The van der Waals surface area contributed by atoms with E-state index in [-0.39, 0.29) is 11.4 Å². The molecule has 0 spiro atoms. The molecule has 5 heteroatoms. The number of aryl methyl sites for hydroxylation is 1. The van der Waals surface area contributed by atoms with Crippen LogP contribution in [0.4, 0.5) is 4.39 Å². The minimum Gasteiger partial charge on any atom is -0.305 e. The maximum atomic E-state index is 13.6. The largest absolute Gasteiger partial charge is 0.305 e. The summed E-state index contributed by atoms with van der Waals surface area (Å²) in [7, 11) is 3.84. The molecule has 0 unspecified atom stereocenters. The number of hydrogen-bond donors (Lipinski definition) is 0. The molecule has 0 radical (unpaired) electrons. The van der Waals surface area contributed by atoms with Crippen molar-refractivity contribution < 1.29 is 4.39 Å².